The second-order valence-electron chi connectivity index (χ2n) is 6.49. The van der Waals surface area contributed by atoms with Crippen LogP contribution in [0, 0.1) is 0 Å². The van der Waals surface area contributed by atoms with Crippen LogP contribution < -0.4 is 9.47 Å². The third-order valence-corrected chi connectivity index (χ3v) is 4.23. The third kappa shape index (κ3) is 5.66. The Bertz CT molecular complexity index is 793. The number of fused-ring (bicyclic) bond motifs is 1. The number of rotatable bonds is 8. The largest absolute Gasteiger partial charge is 0.480 e. The fourth-order valence-corrected chi connectivity index (χ4v) is 2.94. The number of carbonyl (C=O) groups excluding carboxylic acids is 2. The van der Waals surface area contributed by atoms with Crippen LogP contribution in [-0.2, 0) is 19.1 Å². The number of halogens is 2. The second-order valence-corrected chi connectivity index (χ2v) is 7.24. The van der Waals surface area contributed by atoms with Gasteiger partial charge in [0.25, 0.3) is 0 Å². The highest BCUT2D eigenvalue weighted by Crippen LogP contribution is 2.46. The Labute approximate surface area is 173 Å². The number of hydrogen-bond acceptors (Lipinski definition) is 6. The molecule has 2 aromatic rings. The lowest BCUT2D eigenvalue weighted by molar-refractivity contribution is -0.150. The molecule has 0 heterocycles. The molecule has 0 aliphatic rings. The van der Waals surface area contributed by atoms with Crippen LogP contribution >= 0.6 is 23.2 Å². The fraction of sp³-hybridized carbons (Fsp3) is 0.400. The first-order valence-corrected chi connectivity index (χ1v) is 9.50. The maximum absolute atomic E-state index is 11.8. The van der Waals surface area contributed by atoms with Crippen molar-refractivity contribution >= 4 is 45.9 Å². The first-order chi connectivity index (χ1) is 13.2. The van der Waals surface area contributed by atoms with E-state index in [-0.39, 0.29) is 47.0 Å². The molecular formula is C20H22Cl2O6. The van der Waals surface area contributed by atoms with Crippen LogP contribution in [0.1, 0.15) is 27.7 Å². The average molecular weight is 429 g/mol. The number of ether oxygens (including phenoxy) is 4. The lowest BCUT2D eigenvalue weighted by Gasteiger charge is -2.17. The fourth-order valence-electron chi connectivity index (χ4n) is 2.45. The highest BCUT2D eigenvalue weighted by Gasteiger charge is 2.21. The van der Waals surface area contributed by atoms with Crippen molar-refractivity contribution in [3.05, 3.63) is 34.3 Å². The molecule has 0 unspecified atom stereocenters. The van der Waals surface area contributed by atoms with E-state index >= 15 is 0 Å². The SMILES string of the molecule is CC(C)OC(=O)COc1c(Cl)c(Cl)c(OCC(=O)OC(C)C)c2ccccc12. The van der Waals surface area contributed by atoms with Crippen molar-refractivity contribution in [1.29, 1.82) is 0 Å². The second kappa shape index (κ2) is 9.85. The molecule has 152 valence electrons. The lowest BCUT2D eigenvalue weighted by Crippen LogP contribution is -2.19. The summed E-state index contributed by atoms with van der Waals surface area (Å²) in [4.78, 5) is 23.6. The van der Waals surface area contributed by atoms with E-state index in [2.05, 4.69) is 0 Å². The predicted octanol–water partition coefficient (Wildman–Crippen LogP) is 4.81. The summed E-state index contributed by atoms with van der Waals surface area (Å²) in [7, 11) is 0. The molecule has 0 radical (unpaired) electrons. The summed E-state index contributed by atoms with van der Waals surface area (Å²) in [6.07, 6.45) is -0.512. The van der Waals surface area contributed by atoms with Gasteiger partial charge < -0.3 is 18.9 Å². The van der Waals surface area contributed by atoms with Gasteiger partial charge in [0.15, 0.2) is 13.2 Å². The summed E-state index contributed by atoms with van der Waals surface area (Å²) in [6.45, 7) is 6.33. The van der Waals surface area contributed by atoms with E-state index < -0.39 is 11.9 Å². The topological polar surface area (TPSA) is 71.1 Å². The molecule has 0 amide bonds. The van der Waals surface area contributed by atoms with Crippen molar-refractivity contribution in [2.75, 3.05) is 13.2 Å². The van der Waals surface area contributed by atoms with Gasteiger partial charge in [0.1, 0.15) is 21.5 Å². The number of esters is 2. The summed E-state index contributed by atoms with van der Waals surface area (Å²) in [5.41, 5.74) is 0. The predicted molar refractivity (Wildman–Crippen MR) is 107 cm³/mol. The molecular weight excluding hydrogens is 407 g/mol. The van der Waals surface area contributed by atoms with Gasteiger partial charge in [-0.25, -0.2) is 9.59 Å². The number of hydrogen-bond donors (Lipinski definition) is 0. The minimum atomic E-state index is -0.525. The molecule has 28 heavy (non-hydrogen) atoms. The van der Waals surface area contributed by atoms with Gasteiger partial charge in [-0.2, -0.15) is 0 Å². The van der Waals surface area contributed by atoms with Crippen molar-refractivity contribution in [3.8, 4) is 11.5 Å². The Kier molecular flexibility index (Phi) is 7.78. The molecule has 8 heteroatoms. The summed E-state index contributed by atoms with van der Waals surface area (Å²) < 4.78 is 21.3. The van der Waals surface area contributed by atoms with E-state index in [1.807, 2.05) is 0 Å². The van der Waals surface area contributed by atoms with Crippen LogP contribution in [0.3, 0.4) is 0 Å². The van der Waals surface area contributed by atoms with Gasteiger partial charge in [0.05, 0.1) is 12.2 Å². The molecule has 0 fully saturated rings. The molecule has 2 rings (SSSR count). The van der Waals surface area contributed by atoms with Crippen molar-refractivity contribution in [1.82, 2.24) is 0 Å². The Hall–Kier alpha value is -2.18. The smallest absolute Gasteiger partial charge is 0.344 e. The molecule has 0 spiro atoms. The van der Waals surface area contributed by atoms with Gasteiger partial charge in [-0.15, -0.1) is 0 Å². The quantitative estimate of drug-likeness (QED) is 0.561. The summed E-state index contributed by atoms with van der Waals surface area (Å²) in [5, 5.41) is 1.32. The molecule has 2 aromatic carbocycles. The normalized spacial score (nSPS) is 11.0. The zero-order valence-corrected chi connectivity index (χ0v) is 17.6. The summed E-state index contributed by atoms with van der Waals surface area (Å²) in [5.74, 6) is -0.578. The Morgan fingerprint density at radius 1 is 0.786 bits per heavy atom. The van der Waals surface area contributed by atoms with Crippen LogP contribution in [0.4, 0.5) is 0 Å². The van der Waals surface area contributed by atoms with Crippen LogP contribution in [0.5, 0.6) is 11.5 Å². The highest BCUT2D eigenvalue weighted by molar-refractivity contribution is 6.45. The molecule has 0 aromatic heterocycles. The Balaban J connectivity index is 2.32. The molecule has 0 aliphatic carbocycles. The molecule has 0 N–H and O–H groups in total. The molecule has 0 aliphatic heterocycles. The van der Waals surface area contributed by atoms with Gasteiger partial charge in [-0.1, -0.05) is 47.5 Å². The molecule has 6 nitrogen and oxygen atoms in total. The standard InChI is InChI=1S/C20H22Cl2O6/c1-11(2)27-15(23)9-25-19-13-7-5-6-8-14(13)20(18(22)17(19)21)26-10-16(24)28-12(3)4/h5-8,11-12H,9-10H2,1-4H3. The Morgan fingerprint density at radius 3 is 1.46 bits per heavy atom. The van der Waals surface area contributed by atoms with Gasteiger partial charge in [-0.05, 0) is 27.7 Å². The first kappa shape index (κ1) is 22.1. The van der Waals surface area contributed by atoms with Crippen molar-refractivity contribution in [2.24, 2.45) is 0 Å². The Morgan fingerprint density at radius 2 is 1.14 bits per heavy atom. The van der Waals surface area contributed by atoms with Crippen LogP contribution in [0.15, 0.2) is 24.3 Å². The van der Waals surface area contributed by atoms with Gasteiger partial charge >= 0.3 is 11.9 Å². The van der Waals surface area contributed by atoms with Crippen molar-refractivity contribution < 1.29 is 28.5 Å². The minimum absolute atomic E-state index is 0.0740. The molecule has 0 atom stereocenters. The van der Waals surface area contributed by atoms with E-state index in [0.717, 1.165) is 0 Å². The van der Waals surface area contributed by atoms with Crippen LogP contribution in [0.25, 0.3) is 10.8 Å². The lowest BCUT2D eigenvalue weighted by atomic mass is 10.1. The highest BCUT2D eigenvalue weighted by atomic mass is 35.5. The zero-order valence-electron chi connectivity index (χ0n) is 16.1. The maximum Gasteiger partial charge on any atom is 0.344 e. The molecule has 0 saturated heterocycles. The van der Waals surface area contributed by atoms with E-state index in [9.17, 15) is 9.59 Å². The van der Waals surface area contributed by atoms with E-state index in [4.69, 9.17) is 42.1 Å². The van der Waals surface area contributed by atoms with Crippen molar-refractivity contribution in [2.45, 2.75) is 39.9 Å². The summed E-state index contributed by atoms with van der Waals surface area (Å²) in [6, 6.07) is 7.06. The molecule has 0 bridgehead atoms. The van der Waals surface area contributed by atoms with Gasteiger partial charge in [0, 0.05) is 10.8 Å². The number of carbonyl (C=O) groups is 2. The molecule has 0 saturated carbocycles. The zero-order chi connectivity index (χ0) is 20.8. The van der Waals surface area contributed by atoms with E-state index in [1.54, 1.807) is 52.0 Å². The average Bonchev–Trinajstić information content (AvgIpc) is 2.60. The van der Waals surface area contributed by atoms with Gasteiger partial charge in [0.2, 0.25) is 0 Å². The van der Waals surface area contributed by atoms with E-state index in [0.29, 0.717) is 10.8 Å². The van der Waals surface area contributed by atoms with Crippen LogP contribution in [0.2, 0.25) is 10.0 Å². The van der Waals surface area contributed by atoms with Crippen LogP contribution in [-0.4, -0.2) is 37.4 Å². The monoisotopic (exact) mass is 428 g/mol. The van der Waals surface area contributed by atoms with Crippen molar-refractivity contribution in [3.63, 3.8) is 0 Å². The van der Waals surface area contributed by atoms with Gasteiger partial charge in [-0.3, -0.25) is 0 Å². The number of benzene rings is 2. The van der Waals surface area contributed by atoms with E-state index in [1.165, 1.54) is 0 Å². The summed E-state index contributed by atoms with van der Waals surface area (Å²) >= 11 is 12.7. The third-order valence-electron chi connectivity index (χ3n) is 3.41. The maximum atomic E-state index is 11.8. The first-order valence-electron chi connectivity index (χ1n) is 8.75. The minimum Gasteiger partial charge on any atom is -0.480 e.